The number of benzene rings is 2. The maximum absolute atomic E-state index is 12.9. The molecule has 2 rings (SSSR count). The molecule has 0 amide bonds. The van der Waals surface area contributed by atoms with Gasteiger partial charge in [0.15, 0.2) is 16.4 Å². The normalized spacial score (nSPS) is 12.8. The van der Waals surface area contributed by atoms with Gasteiger partial charge in [-0.05, 0) is 55.2 Å². The van der Waals surface area contributed by atoms with Crippen molar-refractivity contribution in [3.8, 4) is 5.75 Å². The van der Waals surface area contributed by atoms with Gasteiger partial charge in [-0.1, -0.05) is 25.5 Å². The van der Waals surface area contributed by atoms with Crippen molar-refractivity contribution in [3.05, 3.63) is 53.6 Å². The SMILES string of the molecule is CCCCN(CC(CCc1ccc(C(F)(F)F)cc1)OCS(C)(=O)=O)c1ccc(OCC(=O)O)c(S)c1. The second kappa shape index (κ2) is 13.9. The molecule has 1 N–H and O–H groups in total. The number of unbranched alkanes of at least 4 members (excludes halogenated alkanes) is 1. The first-order chi connectivity index (χ1) is 17.3. The zero-order chi connectivity index (χ0) is 27.6. The second-order valence-corrected chi connectivity index (χ2v) is 11.3. The smallest absolute Gasteiger partial charge is 0.416 e. The monoisotopic (exact) mass is 563 g/mol. The summed E-state index contributed by atoms with van der Waals surface area (Å²) in [4.78, 5) is 13.3. The first-order valence-electron chi connectivity index (χ1n) is 11.7. The molecule has 12 heteroatoms. The second-order valence-electron chi connectivity index (χ2n) is 8.70. The topological polar surface area (TPSA) is 93.1 Å². The van der Waals surface area contributed by atoms with Crippen LogP contribution in [-0.4, -0.2) is 57.5 Å². The predicted molar refractivity (Wildman–Crippen MR) is 138 cm³/mol. The number of aryl methyl sites for hydroxylation is 1. The molecule has 0 saturated carbocycles. The number of thiol groups is 1. The lowest BCUT2D eigenvalue weighted by Crippen LogP contribution is -2.36. The molecule has 0 aliphatic heterocycles. The highest BCUT2D eigenvalue weighted by molar-refractivity contribution is 7.90. The number of ether oxygens (including phenoxy) is 2. The summed E-state index contributed by atoms with van der Waals surface area (Å²) in [6.07, 6.45) is -1.34. The van der Waals surface area contributed by atoms with E-state index in [1.54, 1.807) is 18.2 Å². The van der Waals surface area contributed by atoms with Crippen molar-refractivity contribution in [3.63, 3.8) is 0 Å². The number of alkyl halides is 3. The molecule has 0 bridgehead atoms. The third-order valence-electron chi connectivity index (χ3n) is 5.42. The molecule has 0 aliphatic rings. The third kappa shape index (κ3) is 11.2. The number of halogens is 3. The Kier molecular flexibility index (Phi) is 11.6. The van der Waals surface area contributed by atoms with Crippen molar-refractivity contribution in [1.29, 1.82) is 0 Å². The summed E-state index contributed by atoms with van der Waals surface area (Å²) in [5, 5.41) is 8.83. The summed E-state index contributed by atoms with van der Waals surface area (Å²) >= 11 is 4.41. The number of carboxylic acid groups (broad SMARTS) is 1. The molecule has 0 heterocycles. The van der Waals surface area contributed by atoms with Crippen LogP contribution >= 0.6 is 12.6 Å². The fraction of sp³-hybridized carbons (Fsp3) is 0.480. The van der Waals surface area contributed by atoms with Crippen LogP contribution < -0.4 is 9.64 Å². The largest absolute Gasteiger partial charge is 0.481 e. The molecule has 37 heavy (non-hydrogen) atoms. The molecule has 206 valence electrons. The molecule has 2 aromatic rings. The van der Waals surface area contributed by atoms with Crippen molar-refractivity contribution in [1.82, 2.24) is 0 Å². The number of sulfone groups is 1. The molecule has 0 aromatic heterocycles. The van der Waals surface area contributed by atoms with Crippen molar-refractivity contribution >= 4 is 34.1 Å². The van der Waals surface area contributed by atoms with Crippen LogP contribution in [0.25, 0.3) is 0 Å². The Hall–Kier alpha value is -2.44. The Morgan fingerprint density at radius 3 is 2.38 bits per heavy atom. The minimum atomic E-state index is -4.42. The minimum absolute atomic E-state index is 0.317. The van der Waals surface area contributed by atoms with Crippen LogP contribution in [0, 0.1) is 0 Å². The van der Waals surface area contributed by atoms with Crippen molar-refractivity contribution < 1.29 is 41.0 Å². The molecule has 0 saturated heterocycles. The Bertz CT molecular complexity index is 1120. The summed E-state index contributed by atoms with van der Waals surface area (Å²) in [6, 6.07) is 9.99. The molecular weight excluding hydrogens is 531 g/mol. The number of hydrogen-bond acceptors (Lipinski definition) is 7. The zero-order valence-electron chi connectivity index (χ0n) is 20.7. The van der Waals surface area contributed by atoms with Crippen molar-refractivity contribution in [2.24, 2.45) is 0 Å². The number of rotatable bonds is 15. The molecule has 0 fully saturated rings. The van der Waals surface area contributed by atoms with Crippen molar-refractivity contribution in [2.75, 3.05) is 36.8 Å². The molecule has 7 nitrogen and oxygen atoms in total. The number of carbonyl (C=O) groups is 1. The summed E-state index contributed by atoms with van der Waals surface area (Å²) in [6.45, 7) is 2.50. The molecular formula is C25H32F3NO6S2. The van der Waals surface area contributed by atoms with Gasteiger partial charge in [-0.15, -0.1) is 12.6 Å². The number of aliphatic carboxylic acids is 1. The fourth-order valence-corrected chi connectivity index (χ4v) is 4.23. The Labute approximate surface area is 220 Å². The first kappa shape index (κ1) is 30.8. The summed E-state index contributed by atoms with van der Waals surface area (Å²) in [5.41, 5.74) is 0.715. The highest BCUT2D eigenvalue weighted by atomic mass is 32.2. The van der Waals surface area contributed by atoms with Crippen LogP contribution in [0.5, 0.6) is 5.75 Å². The predicted octanol–water partition coefficient (Wildman–Crippen LogP) is 5.08. The summed E-state index contributed by atoms with van der Waals surface area (Å²) < 4.78 is 73.1. The van der Waals surface area contributed by atoms with Gasteiger partial charge in [-0.25, -0.2) is 13.2 Å². The van der Waals surface area contributed by atoms with E-state index >= 15 is 0 Å². The average Bonchev–Trinajstić information content (AvgIpc) is 2.81. The van der Waals surface area contributed by atoms with E-state index in [4.69, 9.17) is 14.6 Å². The maximum Gasteiger partial charge on any atom is 0.416 e. The van der Waals surface area contributed by atoms with E-state index in [1.807, 2.05) is 11.8 Å². The van der Waals surface area contributed by atoms with Crippen molar-refractivity contribution in [2.45, 2.75) is 49.8 Å². The van der Waals surface area contributed by atoms with E-state index < -0.39 is 46.2 Å². The van der Waals surface area contributed by atoms with Gasteiger partial charge in [-0.3, -0.25) is 0 Å². The lowest BCUT2D eigenvalue weighted by atomic mass is 10.0. The standard InChI is InChI=1S/C25H32F3NO6S2/c1-3-4-13-29(20-10-12-22(23(36)14-20)34-16-24(30)31)15-21(35-17-37(2,32)33)11-7-18-5-8-19(9-6-18)25(26,27)28/h5-6,8-10,12,14,21,36H,3-4,7,11,13,15-17H2,1-2H3,(H,30,31). The Balaban J connectivity index is 2.20. The lowest BCUT2D eigenvalue weighted by molar-refractivity contribution is -0.139. The molecule has 0 aliphatic carbocycles. The van der Waals surface area contributed by atoms with E-state index in [0.29, 0.717) is 42.1 Å². The minimum Gasteiger partial charge on any atom is -0.481 e. The van der Waals surface area contributed by atoms with Crippen LogP contribution in [0.4, 0.5) is 18.9 Å². The van der Waals surface area contributed by atoms with Gasteiger partial charge in [0.1, 0.15) is 11.7 Å². The van der Waals surface area contributed by atoms with E-state index in [-0.39, 0.29) is 0 Å². The van der Waals surface area contributed by atoms with Gasteiger partial charge in [0, 0.05) is 29.9 Å². The van der Waals surface area contributed by atoms with Crippen LogP contribution in [0.3, 0.4) is 0 Å². The van der Waals surface area contributed by atoms with Gasteiger partial charge in [-0.2, -0.15) is 13.2 Å². The molecule has 0 radical (unpaired) electrons. The van der Waals surface area contributed by atoms with Gasteiger partial charge in [0.05, 0.1) is 11.7 Å². The van der Waals surface area contributed by atoms with E-state index in [2.05, 4.69) is 12.6 Å². The van der Waals surface area contributed by atoms with Gasteiger partial charge < -0.3 is 19.5 Å². The number of carboxylic acids is 1. The van der Waals surface area contributed by atoms with Gasteiger partial charge in [0.2, 0.25) is 0 Å². The number of anilines is 1. The quantitative estimate of drug-likeness (QED) is 0.292. The Morgan fingerprint density at radius 1 is 1.16 bits per heavy atom. The molecule has 1 atom stereocenters. The van der Waals surface area contributed by atoms with Crippen LogP contribution in [-0.2, 0) is 32.0 Å². The lowest BCUT2D eigenvalue weighted by Gasteiger charge is -2.30. The average molecular weight is 564 g/mol. The summed E-state index contributed by atoms with van der Waals surface area (Å²) in [7, 11) is -3.41. The van der Waals surface area contributed by atoms with E-state index in [9.17, 15) is 26.4 Å². The molecule has 2 aromatic carbocycles. The van der Waals surface area contributed by atoms with Gasteiger partial charge in [0.25, 0.3) is 0 Å². The van der Waals surface area contributed by atoms with E-state index in [1.165, 1.54) is 12.1 Å². The van der Waals surface area contributed by atoms with Crippen LogP contribution in [0.15, 0.2) is 47.4 Å². The van der Waals surface area contributed by atoms with Gasteiger partial charge >= 0.3 is 12.1 Å². The van der Waals surface area contributed by atoms with E-state index in [0.717, 1.165) is 36.9 Å². The molecule has 0 spiro atoms. The fourth-order valence-electron chi connectivity index (χ4n) is 3.52. The van der Waals surface area contributed by atoms with Crippen LogP contribution in [0.1, 0.15) is 37.3 Å². The third-order valence-corrected chi connectivity index (χ3v) is 6.33. The number of nitrogens with zero attached hydrogens (tertiary/aromatic N) is 1. The number of hydrogen-bond donors (Lipinski definition) is 2. The van der Waals surface area contributed by atoms with Crippen LogP contribution in [0.2, 0.25) is 0 Å². The first-order valence-corrected chi connectivity index (χ1v) is 14.2. The Morgan fingerprint density at radius 2 is 1.84 bits per heavy atom. The maximum atomic E-state index is 12.9. The highest BCUT2D eigenvalue weighted by Gasteiger charge is 2.30. The highest BCUT2D eigenvalue weighted by Crippen LogP contribution is 2.30. The zero-order valence-corrected chi connectivity index (χ0v) is 22.4. The molecule has 1 unspecified atom stereocenters. The summed E-state index contributed by atoms with van der Waals surface area (Å²) in [5.74, 6) is -1.27.